The van der Waals surface area contributed by atoms with Crippen LogP contribution in [0.2, 0.25) is 0 Å². The van der Waals surface area contributed by atoms with Crippen LogP contribution in [0.15, 0.2) is 23.1 Å². The first kappa shape index (κ1) is 20.4. The largest absolute Gasteiger partial charge is 0.491 e. The molecule has 0 bridgehead atoms. The standard InChI is InChI=1S/C16H25NO6S/c1-5-17(12-16(18)22-6-2)24(19,20)14-7-8-15(13(3)11-14)23-10-9-21-4/h7-8,11H,5-6,9-10,12H2,1-4H3. The maximum atomic E-state index is 12.7. The molecule has 0 heterocycles. The van der Waals surface area contributed by atoms with E-state index in [0.717, 1.165) is 4.31 Å². The summed E-state index contributed by atoms with van der Waals surface area (Å²) >= 11 is 0. The second-order valence-corrected chi connectivity index (χ2v) is 6.94. The molecule has 8 heteroatoms. The topological polar surface area (TPSA) is 82.1 Å². The third-order valence-corrected chi connectivity index (χ3v) is 5.21. The van der Waals surface area contributed by atoms with Crippen molar-refractivity contribution < 1.29 is 27.4 Å². The van der Waals surface area contributed by atoms with Crippen LogP contribution in [0.5, 0.6) is 5.75 Å². The summed E-state index contributed by atoms with van der Waals surface area (Å²) in [6.07, 6.45) is 0. The molecular formula is C16H25NO6S. The molecule has 0 N–H and O–H groups in total. The van der Waals surface area contributed by atoms with Gasteiger partial charge in [-0.1, -0.05) is 6.92 Å². The van der Waals surface area contributed by atoms with E-state index in [9.17, 15) is 13.2 Å². The van der Waals surface area contributed by atoms with E-state index in [1.165, 1.54) is 12.1 Å². The lowest BCUT2D eigenvalue weighted by Crippen LogP contribution is -2.36. The zero-order valence-corrected chi connectivity index (χ0v) is 15.4. The average Bonchev–Trinajstić information content (AvgIpc) is 2.54. The second kappa shape index (κ2) is 9.61. The molecule has 0 aromatic heterocycles. The monoisotopic (exact) mass is 359 g/mol. The minimum absolute atomic E-state index is 0.116. The first-order chi connectivity index (χ1) is 11.4. The number of ether oxygens (including phenoxy) is 3. The Bertz CT molecular complexity index is 644. The third kappa shape index (κ3) is 5.47. The van der Waals surface area contributed by atoms with Crippen LogP contribution in [-0.4, -0.2) is 58.7 Å². The quantitative estimate of drug-likeness (QED) is 0.466. The van der Waals surface area contributed by atoms with Crippen molar-refractivity contribution in [2.45, 2.75) is 25.7 Å². The number of carbonyl (C=O) groups is 1. The van der Waals surface area contributed by atoms with Gasteiger partial charge in [0.05, 0.1) is 18.1 Å². The molecule has 0 amide bonds. The summed E-state index contributed by atoms with van der Waals surface area (Å²) in [4.78, 5) is 11.7. The number of hydrogen-bond donors (Lipinski definition) is 0. The van der Waals surface area contributed by atoms with Crippen molar-refractivity contribution in [3.63, 3.8) is 0 Å². The van der Waals surface area contributed by atoms with Crippen LogP contribution >= 0.6 is 0 Å². The second-order valence-electron chi connectivity index (χ2n) is 5.00. The van der Waals surface area contributed by atoms with Crippen LogP contribution < -0.4 is 4.74 Å². The van der Waals surface area contributed by atoms with Gasteiger partial charge < -0.3 is 14.2 Å². The van der Waals surface area contributed by atoms with Gasteiger partial charge in [-0.2, -0.15) is 4.31 Å². The zero-order chi connectivity index (χ0) is 18.2. The van der Waals surface area contributed by atoms with E-state index < -0.39 is 16.0 Å². The molecule has 0 aliphatic heterocycles. The molecule has 1 rings (SSSR count). The lowest BCUT2D eigenvalue weighted by Gasteiger charge is -2.20. The van der Waals surface area contributed by atoms with Crippen LogP contribution in [0.25, 0.3) is 0 Å². The molecular weight excluding hydrogens is 334 g/mol. The van der Waals surface area contributed by atoms with Crippen molar-refractivity contribution in [2.24, 2.45) is 0 Å². The number of aryl methyl sites for hydroxylation is 1. The van der Waals surface area contributed by atoms with Gasteiger partial charge in [-0.3, -0.25) is 4.79 Å². The van der Waals surface area contributed by atoms with E-state index in [2.05, 4.69) is 0 Å². The van der Waals surface area contributed by atoms with Gasteiger partial charge >= 0.3 is 5.97 Å². The van der Waals surface area contributed by atoms with E-state index in [4.69, 9.17) is 14.2 Å². The van der Waals surface area contributed by atoms with Gasteiger partial charge in [-0.05, 0) is 37.6 Å². The predicted molar refractivity (Wildman–Crippen MR) is 89.6 cm³/mol. The highest BCUT2D eigenvalue weighted by Crippen LogP contribution is 2.24. The summed E-state index contributed by atoms with van der Waals surface area (Å²) in [6, 6.07) is 4.61. The highest BCUT2D eigenvalue weighted by Gasteiger charge is 2.26. The van der Waals surface area contributed by atoms with Crippen LogP contribution in [-0.2, 0) is 24.3 Å². The lowest BCUT2D eigenvalue weighted by atomic mass is 10.2. The first-order valence-electron chi connectivity index (χ1n) is 7.74. The van der Waals surface area contributed by atoms with Gasteiger partial charge in [-0.15, -0.1) is 0 Å². The molecule has 0 unspecified atom stereocenters. The molecule has 0 aliphatic carbocycles. The molecule has 1 aromatic carbocycles. The number of hydrogen-bond acceptors (Lipinski definition) is 6. The van der Waals surface area contributed by atoms with E-state index in [0.29, 0.717) is 24.5 Å². The van der Waals surface area contributed by atoms with Gasteiger partial charge in [0.15, 0.2) is 0 Å². The maximum absolute atomic E-state index is 12.7. The van der Waals surface area contributed by atoms with Gasteiger partial charge in [0.25, 0.3) is 0 Å². The lowest BCUT2D eigenvalue weighted by molar-refractivity contribution is -0.143. The minimum atomic E-state index is -3.78. The summed E-state index contributed by atoms with van der Waals surface area (Å²) in [5, 5.41) is 0. The van der Waals surface area contributed by atoms with E-state index in [1.54, 1.807) is 33.9 Å². The van der Waals surface area contributed by atoms with E-state index >= 15 is 0 Å². The number of sulfonamides is 1. The smallest absolute Gasteiger partial charge is 0.321 e. The van der Waals surface area contributed by atoms with Crippen molar-refractivity contribution >= 4 is 16.0 Å². The Morgan fingerprint density at radius 3 is 2.46 bits per heavy atom. The summed E-state index contributed by atoms with van der Waals surface area (Å²) in [7, 11) is -2.20. The SMILES string of the molecule is CCOC(=O)CN(CC)S(=O)(=O)c1ccc(OCCOC)c(C)c1. The number of esters is 1. The summed E-state index contributed by atoms with van der Waals surface area (Å²) < 4.78 is 41.7. The number of methoxy groups -OCH3 is 1. The Balaban J connectivity index is 2.96. The van der Waals surface area contributed by atoms with Crippen molar-refractivity contribution in [1.29, 1.82) is 0 Å². The van der Waals surface area contributed by atoms with Crippen molar-refractivity contribution in [3.05, 3.63) is 23.8 Å². The average molecular weight is 359 g/mol. The minimum Gasteiger partial charge on any atom is -0.491 e. The highest BCUT2D eigenvalue weighted by molar-refractivity contribution is 7.89. The third-order valence-electron chi connectivity index (χ3n) is 3.29. The van der Waals surface area contributed by atoms with Crippen molar-refractivity contribution in [3.8, 4) is 5.75 Å². The van der Waals surface area contributed by atoms with Gasteiger partial charge in [0, 0.05) is 13.7 Å². The molecule has 0 saturated heterocycles. The fourth-order valence-corrected chi connectivity index (χ4v) is 3.52. The van der Waals surface area contributed by atoms with Crippen LogP contribution in [0.1, 0.15) is 19.4 Å². The molecule has 0 atom stereocenters. The summed E-state index contributed by atoms with van der Waals surface area (Å²) in [5.74, 6) is 0.0265. The molecule has 0 fully saturated rings. The Morgan fingerprint density at radius 1 is 1.21 bits per heavy atom. The molecule has 0 saturated carbocycles. The Morgan fingerprint density at radius 2 is 1.92 bits per heavy atom. The van der Waals surface area contributed by atoms with Crippen molar-refractivity contribution in [1.82, 2.24) is 4.31 Å². The molecule has 0 spiro atoms. The number of benzene rings is 1. The number of nitrogens with zero attached hydrogens (tertiary/aromatic N) is 1. The predicted octanol–water partition coefficient (Wildman–Crippen LogP) is 1.59. The number of rotatable bonds is 10. The van der Waals surface area contributed by atoms with Gasteiger partial charge in [0.1, 0.15) is 18.9 Å². The summed E-state index contributed by atoms with van der Waals surface area (Å²) in [5.41, 5.74) is 0.694. The fourth-order valence-electron chi connectivity index (χ4n) is 2.05. The van der Waals surface area contributed by atoms with Gasteiger partial charge in [0.2, 0.25) is 10.0 Å². The Kier molecular flexibility index (Phi) is 8.17. The molecule has 1 aromatic rings. The van der Waals surface area contributed by atoms with E-state index in [-0.39, 0.29) is 24.6 Å². The molecule has 0 aliphatic rings. The Labute approximate surface area is 143 Å². The van der Waals surface area contributed by atoms with Crippen LogP contribution in [0.4, 0.5) is 0 Å². The van der Waals surface area contributed by atoms with E-state index in [1.807, 2.05) is 0 Å². The highest BCUT2D eigenvalue weighted by atomic mass is 32.2. The van der Waals surface area contributed by atoms with Crippen molar-refractivity contribution in [2.75, 3.05) is 40.0 Å². The normalized spacial score (nSPS) is 11.5. The number of likely N-dealkylation sites (N-methyl/N-ethyl adjacent to an activating group) is 1. The van der Waals surface area contributed by atoms with Crippen LogP contribution in [0, 0.1) is 6.92 Å². The molecule has 136 valence electrons. The Hall–Kier alpha value is -1.64. The zero-order valence-electron chi connectivity index (χ0n) is 14.6. The molecule has 24 heavy (non-hydrogen) atoms. The molecule has 0 radical (unpaired) electrons. The maximum Gasteiger partial charge on any atom is 0.321 e. The first-order valence-corrected chi connectivity index (χ1v) is 9.18. The van der Waals surface area contributed by atoms with Gasteiger partial charge in [-0.25, -0.2) is 8.42 Å². The number of carbonyl (C=O) groups excluding carboxylic acids is 1. The van der Waals surface area contributed by atoms with Crippen LogP contribution in [0.3, 0.4) is 0 Å². The fraction of sp³-hybridized carbons (Fsp3) is 0.562. The summed E-state index contributed by atoms with van der Waals surface area (Å²) in [6.45, 7) is 6.02. The molecule has 7 nitrogen and oxygen atoms in total.